The SMILES string of the molecule is CC(N)C(CN1CCOCC1)C(S)NC(=O)C(C(N)N)C1NCC(F)CN1. The van der Waals surface area contributed by atoms with Crippen LogP contribution in [0.15, 0.2) is 0 Å². The molecule has 2 aliphatic rings. The first kappa shape index (κ1) is 22.8. The molecule has 4 unspecified atom stereocenters. The third-order valence-electron chi connectivity index (χ3n) is 5.14. The third-order valence-corrected chi connectivity index (χ3v) is 5.65. The lowest BCUT2D eigenvalue weighted by Crippen LogP contribution is -2.66. The smallest absolute Gasteiger partial charge is 0.229 e. The van der Waals surface area contributed by atoms with Gasteiger partial charge in [-0.05, 0) is 6.92 Å². The fourth-order valence-electron chi connectivity index (χ4n) is 3.44. The van der Waals surface area contributed by atoms with Crippen LogP contribution in [0.25, 0.3) is 0 Å². The summed E-state index contributed by atoms with van der Waals surface area (Å²) in [4.78, 5) is 15.1. The summed E-state index contributed by atoms with van der Waals surface area (Å²) in [5, 5.41) is 8.32. The molecule has 9 nitrogen and oxygen atoms in total. The Labute approximate surface area is 165 Å². The maximum Gasteiger partial charge on any atom is 0.229 e. The Hall–Kier alpha value is -0.530. The first-order valence-electron chi connectivity index (χ1n) is 9.45. The van der Waals surface area contributed by atoms with Crippen molar-refractivity contribution < 1.29 is 13.9 Å². The number of alkyl halides is 1. The summed E-state index contributed by atoms with van der Waals surface area (Å²) in [6.07, 6.45) is -2.40. The van der Waals surface area contributed by atoms with Crippen LogP contribution in [0.4, 0.5) is 4.39 Å². The Morgan fingerprint density at radius 1 is 1.30 bits per heavy atom. The Balaban J connectivity index is 1.96. The molecular weight excluding hydrogens is 373 g/mol. The first-order valence-corrected chi connectivity index (χ1v) is 9.97. The number of morpholine rings is 1. The van der Waals surface area contributed by atoms with Crippen LogP contribution in [0.1, 0.15) is 6.92 Å². The molecule has 27 heavy (non-hydrogen) atoms. The van der Waals surface area contributed by atoms with Gasteiger partial charge in [0, 0.05) is 44.7 Å². The standard InChI is InChI=1S/C16H34FN7O2S/c1-9(18)11(8-24-2-4-26-5-3-24)16(27)23-15(25)12(13(19)20)14-21-6-10(17)7-22-14/h9-14,16,21-22,27H,2-8,18-20H2,1H3,(H,23,25). The number of hydrogen-bond donors (Lipinski definition) is 7. The lowest BCUT2D eigenvalue weighted by Gasteiger charge is -2.37. The minimum Gasteiger partial charge on any atom is -0.379 e. The number of rotatable bonds is 8. The molecule has 2 heterocycles. The van der Waals surface area contributed by atoms with Crippen LogP contribution in [-0.4, -0.2) is 86.7 Å². The topological polar surface area (TPSA) is 144 Å². The van der Waals surface area contributed by atoms with Gasteiger partial charge in [0.05, 0.1) is 36.8 Å². The van der Waals surface area contributed by atoms with Crippen molar-refractivity contribution in [2.24, 2.45) is 29.0 Å². The van der Waals surface area contributed by atoms with Crippen LogP contribution in [-0.2, 0) is 9.53 Å². The number of nitrogens with two attached hydrogens (primary N) is 3. The van der Waals surface area contributed by atoms with Gasteiger partial charge < -0.3 is 27.3 Å². The largest absolute Gasteiger partial charge is 0.379 e. The molecule has 0 aromatic heterocycles. The van der Waals surface area contributed by atoms with E-state index in [1.807, 2.05) is 6.92 Å². The quantitative estimate of drug-likeness (QED) is 0.171. The van der Waals surface area contributed by atoms with Gasteiger partial charge in [-0.1, -0.05) is 0 Å². The Morgan fingerprint density at radius 2 is 1.89 bits per heavy atom. The van der Waals surface area contributed by atoms with Gasteiger partial charge in [0.1, 0.15) is 6.17 Å². The van der Waals surface area contributed by atoms with Crippen molar-refractivity contribution in [3.8, 4) is 0 Å². The van der Waals surface area contributed by atoms with Crippen LogP contribution < -0.4 is 33.2 Å². The molecule has 2 aliphatic heterocycles. The lowest BCUT2D eigenvalue weighted by molar-refractivity contribution is -0.127. The molecule has 158 valence electrons. The van der Waals surface area contributed by atoms with Gasteiger partial charge in [-0.3, -0.25) is 20.3 Å². The van der Waals surface area contributed by atoms with Crippen molar-refractivity contribution in [1.29, 1.82) is 0 Å². The molecule has 11 heteroatoms. The lowest BCUT2D eigenvalue weighted by atomic mass is 9.97. The molecule has 9 N–H and O–H groups in total. The number of nitrogens with one attached hydrogen (secondary N) is 3. The van der Waals surface area contributed by atoms with Crippen LogP contribution in [0.5, 0.6) is 0 Å². The summed E-state index contributed by atoms with van der Waals surface area (Å²) in [6.45, 7) is 5.94. The summed E-state index contributed by atoms with van der Waals surface area (Å²) < 4.78 is 18.7. The maximum atomic E-state index is 13.3. The van der Waals surface area contributed by atoms with Crippen molar-refractivity contribution in [2.75, 3.05) is 45.9 Å². The highest BCUT2D eigenvalue weighted by Gasteiger charge is 2.36. The zero-order valence-corrected chi connectivity index (χ0v) is 16.7. The number of nitrogens with zero attached hydrogens (tertiary/aromatic N) is 1. The number of amides is 1. The summed E-state index contributed by atoms with van der Waals surface area (Å²) >= 11 is 4.59. The fraction of sp³-hybridized carbons (Fsp3) is 0.938. The highest BCUT2D eigenvalue weighted by Crippen LogP contribution is 2.17. The second-order valence-electron chi connectivity index (χ2n) is 7.38. The minimum absolute atomic E-state index is 0.0625. The summed E-state index contributed by atoms with van der Waals surface area (Å²) in [5.74, 6) is -1.16. The van der Waals surface area contributed by atoms with Gasteiger partial charge in [0.2, 0.25) is 5.91 Å². The third kappa shape index (κ3) is 6.79. The second kappa shape index (κ2) is 10.9. The molecular formula is C16H34FN7O2S. The molecule has 2 fully saturated rings. The van der Waals surface area contributed by atoms with E-state index in [1.165, 1.54) is 0 Å². The number of carbonyl (C=O) groups is 1. The van der Waals surface area contributed by atoms with E-state index in [1.54, 1.807) is 0 Å². The van der Waals surface area contributed by atoms with Crippen molar-refractivity contribution >= 4 is 18.5 Å². The zero-order valence-electron chi connectivity index (χ0n) is 15.8. The predicted octanol–water partition coefficient (Wildman–Crippen LogP) is -2.63. The Kier molecular flexibility index (Phi) is 9.16. The molecule has 0 aliphatic carbocycles. The summed E-state index contributed by atoms with van der Waals surface area (Å²) in [7, 11) is 0. The normalized spacial score (nSPS) is 29.1. The fourth-order valence-corrected chi connectivity index (χ4v) is 3.93. The molecule has 1 amide bonds. The molecule has 2 saturated heterocycles. The number of ether oxygens (including phenoxy) is 1. The van der Waals surface area contributed by atoms with Crippen LogP contribution >= 0.6 is 12.6 Å². The average molecular weight is 408 g/mol. The molecule has 4 atom stereocenters. The van der Waals surface area contributed by atoms with Crippen molar-refractivity contribution in [3.05, 3.63) is 0 Å². The molecule has 2 rings (SSSR count). The molecule has 0 radical (unpaired) electrons. The van der Waals surface area contributed by atoms with Gasteiger partial charge in [-0.25, -0.2) is 4.39 Å². The van der Waals surface area contributed by atoms with E-state index in [-0.39, 0.29) is 31.0 Å². The number of hydrogen-bond acceptors (Lipinski definition) is 9. The van der Waals surface area contributed by atoms with E-state index in [4.69, 9.17) is 21.9 Å². The molecule has 0 aromatic carbocycles. The number of thiol groups is 1. The number of halogens is 1. The highest BCUT2D eigenvalue weighted by atomic mass is 32.1. The molecule has 0 bridgehead atoms. The van der Waals surface area contributed by atoms with E-state index in [0.717, 1.165) is 13.1 Å². The second-order valence-corrected chi connectivity index (χ2v) is 7.94. The average Bonchev–Trinajstić information content (AvgIpc) is 2.61. The van der Waals surface area contributed by atoms with Gasteiger partial charge in [-0.15, -0.1) is 0 Å². The summed E-state index contributed by atoms with van der Waals surface area (Å²) in [5.41, 5.74) is 17.8. The molecule has 0 spiro atoms. The van der Waals surface area contributed by atoms with E-state index in [2.05, 4.69) is 33.5 Å². The first-order chi connectivity index (χ1) is 12.8. The summed E-state index contributed by atoms with van der Waals surface area (Å²) in [6, 6.07) is -0.168. The number of carbonyl (C=O) groups excluding carboxylic acids is 1. The molecule has 0 saturated carbocycles. The zero-order chi connectivity index (χ0) is 20.0. The Bertz CT molecular complexity index is 460. The van der Waals surface area contributed by atoms with E-state index in [0.29, 0.717) is 19.8 Å². The monoisotopic (exact) mass is 407 g/mol. The van der Waals surface area contributed by atoms with Crippen molar-refractivity contribution in [1.82, 2.24) is 20.9 Å². The van der Waals surface area contributed by atoms with Gasteiger partial charge >= 0.3 is 0 Å². The van der Waals surface area contributed by atoms with Crippen molar-refractivity contribution in [2.45, 2.75) is 36.8 Å². The van der Waals surface area contributed by atoms with Crippen LogP contribution in [0, 0.1) is 11.8 Å². The van der Waals surface area contributed by atoms with E-state index < -0.39 is 29.8 Å². The van der Waals surface area contributed by atoms with Crippen LogP contribution in [0.3, 0.4) is 0 Å². The van der Waals surface area contributed by atoms with Gasteiger partial charge in [0.15, 0.2) is 0 Å². The predicted molar refractivity (Wildman–Crippen MR) is 106 cm³/mol. The maximum absolute atomic E-state index is 13.3. The molecule has 0 aromatic rings. The van der Waals surface area contributed by atoms with E-state index >= 15 is 0 Å². The Morgan fingerprint density at radius 3 is 2.41 bits per heavy atom. The van der Waals surface area contributed by atoms with Crippen molar-refractivity contribution in [3.63, 3.8) is 0 Å². The van der Waals surface area contributed by atoms with Crippen LogP contribution in [0.2, 0.25) is 0 Å². The van der Waals surface area contributed by atoms with Gasteiger partial charge in [-0.2, -0.15) is 12.6 Å². The van der Waals surface area contributed by atoms with Gasteiger partial charge in [0.25, 0.3) is 0 Å². The highest BCUT2D eigenvalue weighted by molar-refractivity contribution is 7.80. The minimum atomic E-state index is -1.01. The van der Waals surface area contributed by atoms with E-state index in [9.17, 15) is 9.18 Å².